The summed E-state index contributed by atoms with van der Waals surface area (Å²) >= 11 is 0. The maximum Gasteiger partial charge on any atom is 0.297 e. The van der Waals surface area contributed by atoms with E-state index in [0.717, 1.165) is 24.8 Å². The summed E-state index contributed by atoms with van der Waals surface area (Å²) in [6, 6.07) is 4.48. The van der Waals surface area contributed by atoms with Gasteiger partial charge in [0.1, 0.15) is 31.5 Å². The first-order valence-corrected chi connectivity index (χ1v) is 12.9. The van der Waals surface area contributed by atoms with Gasteiger partial charge in [-0.25, -0.2) is 8.78 Å². The van der Waals surface area contributed by atoms with Gasteiger partial charge in [0.25, 0.3) is 15.8 Å². The zero-order valence-corrected chi connectivity index (χ0v) is 22.5. The van der Waals surface area contributed by atoms with Gasteiger partial charge in [0.15, 0.2) is 0 Å². The number of rotatable bonds is 14. The van der Waals surface area contributed by atoms with Crippen LogP contribution in [-0.4, -0.2) is 58.4 Å². The van der Waals surface area contributed by atoms with Crippen LogP contribution in [0.25, 0.3) is 0 Å². The average Bonchev–Trinajstić information content (AvgIpc) is 2.87. The Morgan fingerprint density at radius 2 is 1.53 bits per heavy atom. The first-order chi connectivity index (χ1) is 16.9. The highest BCUT2D eigenvalue weighted by molar-refractivity contribution is 7.86. The molecule has 0 spiro atoms. The number of benzene rings is 1. The lowest BCUT2D eigenvalue weighted by Gasteiger charge is -2.23. The van der Waals surface area contributed by atoms with Gasteiger partial charge in [0, 0.05) is 18.1 Å². The molecular formula is C23H37F2N3O7S. The lowest BCUT2D eigenvalue weighted by molar-refractivity contribution is -0.385. The SMILES string of the molecule is CC[C@@H](OS(=O)(=O)c1cccc([N+](=O)[O-])c1)[C@@H](C)[C@H](F)C=NOC.CC[C@H](C)[C@@H](C)[C@H](F)C=NOC. The summed E-state index contributed by atoms with van der Waals surface area (Å²) in [5.41, 5.74) is -0.378. The molecule has 0 aliphatic heterocycles. The Labute approximate surface area is 211 Å². The molecule has 10 nitrogen and oxygen atoms in total. The zero-order valence-electron chi connectivity index (χ0n) is 21.7. The number of oxime groups is 2. The molecule has 0 heterocycles. The van der Waals surface area contributed by atoms with Gasteiger partial charge >= 0.3 is 0 Å². The molecule has 0 saturated heterocycles. The normalized spacial score (nSPS) is 16.9. The third-order valence-corrected chi connectivity index (χ3v) is 7.05. The molecule has 0 amide bonds. The van der Waals surface area contributed by atoms with Crippen LogP contribution in [0.5, 0.6) is 0 Å². The molecule has 1 aromatic carbocycles. The van der Waals surface area contributed by atoms with Crippen molar-refractivity contribution in [3.8, 4) is 0 Å². The molecule has 13 heteroatoms. The number of nitro groups is 1. The summed E-state index contributed by atoms with van der Waals surface area (Å²) in [7, 11) is -1.60. The molecule has 1 aromatic rings. The Morgan fingerprint density at radius 3 is 1.97 bits per heavy atom. The van der Waals surface area contributed by atoms with E-state index >= 15 is 0 Å². The minimum atomic E-state index is -4.27. The van der Waals surface area contributed by atoms with Gasteiger partial charge in [0.05, 0.1) is 23.5 Å². The number of halogens is 2. The van der Waals surface area contributed by atoms with Crippen LogP contribution in [-0.2, 0) is 24.0 Å². The summed E-state index contributed by atoms with van der Waals surface area (Å²) in [4.78, 5) is 18.5. The number of hydrogen-bond acceptors (Lipinski definition) is 9. The maximum atomic E-state index is 14.0. The summed E-state index contributed by atoms with van der Waals surface area (Å²) < 4.78 is 56.8. The van der Waals surface area contributed by atoms with E-state index in [-0.39, 0.29) is 22.9 Å². The molecule has 0 N–H and O–H groups in total. The van der Waals surface area contributed by atoms with E-state index in [0.29, 0.717) is 5.92 Å². The van der Waals surface area contributed by atoms with Crippen molar-refractivity contribution in [2.45, 2.75) is 70.8 Å². The van der Waals surface area contributed by atoms with E-state index in [1.54, 1.807) is 6.92 Å². The van der Waals surface area contributed by atoms with E-state index in [2.05, 4.69) is 26.9 Å². The van der Waals surface area contributed by atoms with Gasteiger partial charge in [-0.15, -0.1) is 0 Å². The van der Waals surface area contributed by atoms with Crippen LogP contribution in [0, 0.1) is 27.9 Å². The van der Waals surface area contributed by atoms with Crippen molar-refractivity contribution < 1.29 is 36.0 Å². The lowest BCUT2D eigenvalue weighted by atomic mass is 9.90. The van der Waals surface area contributed by atoms with Crippen molar-refractivity contribution >= 4 is 28.2 Å². The quantitative estimate of drug-likeness (QED) is 0.136. The number of alkyl halides is 2. The second-order valence-corrected chi connectivity index (χ2v) is 9.69. The summed E-state index contributed by atoms with van der Waals surface area (Å²) in [5, 5.41) is 17.5. The van der Waals surface area contributed by atoms with Crippen LogP contribution < -0.4 is 0 Å². The van der Waals surface area contributed by atoms with Gasteiger partial charge in [0.2, 0.25) is 0 Å². The van der Waals surface area contributed by atoms with Crippen molar-refractivity contribution in [1.82, 2.24) is 0 Å². The van der Waals surface area contributed by atoms with Crippen LogP contribution in [0.1, 0.15) is 47.5 Å². The van der Waals surface area contributed by atoms with E-state index < -0.39 is 39.4 Å². The third-order valence-electron chi connectivity index (χ3n) is 5.72. The molecule has 0 fully saturated rings. The fraction of sp³-hybridized carbons (Fsp3) is 0.652. The fourth-order valence-electron chi connectivity index (χ4n) is 2.90. The predicted molar refractivity (Wildman–Crippen MR) is 134 cm³/mol. The third kappa shape index (κ3) is 11.4. The second kappa shape index (κ2) is 16.9. The average molecular weight is 538 g/mol. The van der Waals surface area contributed by atoms with Crippen molar-refractivity contribution in [1.29, 1.82) is 0 Å². The molecular weight excluding hydrogens is 500 g/mol. The van der Waals surface area contributed by atoms with E-state index in [1.165, 1.54) is 39.5 Å². The van der Waals surface area contributed by atoms with Crippen molar-refractivity contribution in [3.63, 3.8) is 0 Å². The highest BCUT2D eigenvalue weighted by Crippen LogP contribution is 2.25. The van der Waals surface area contributed by atoms with E-state index in [4.69, 9.17) is 4.18 Å². The minimum absolute atomic E-state index is 0.00824. The van der Waals surface area contributed by atoms with E-state index in [1.807, 2.05) is 13.8 Å². The molecule has 0 aliphatic carbocycles. The standard InChI is InChI=1S/C14H19FN2O6S.C9H18FNO/c1-4-14(10(2)13(15)9-16-22-3)23-24(20,21)12-7-5-6-11(8-12)17(18)19;1-5-7(2)8(3)9(10)6-11-12-4/h5-10,13-14H,4H2,1-3H3;6-9H,5H2,1-4H3/t10-,13+,14+;7-,8+,9+/m00/s1. The molecule has 0 saturated carbocycles. The molecule has 36 heavy (non-hydrogen) atoms. The maximum absolute atomic E-state index is 14.0. The van der Waals surface area contributed by atoms with Gasteiger partial charge in [-0.2, -0.15) is 8.42 Å². The molecule has 1 rings (SSSR count). The highest BCUT2D eigenvalue weighted by atomic mass is 32.2. The van der Waals surface area contributed by atoms with Crippen molar-refractivity contribution in [2.75, 3.05) is 14.2 Å². The van der Waals surface area contributed by atoms with Gasteiger partial charge in [-0.3, -0.25) is 14.3 Å². The Hall–Kier alpha value is -2.67. The molecule has 0 unspecified atom stereocenters. The molecule has 0 aromatic heterocycles. The van der Waals surface area contributed by atoms with Crippen LogP contribution >= 0.6 is 0 Å². The molecule has 0 aliphatic rings. The smallest absolute Gasteiger partial charge is 0.297 e. The summed E-state index contributed by atoms with van der Waals surface area (Å²) in [6.07, 6.45) is -0.199. The number of hydrogen-bond donors (Lipinski definition) is 0. The zero-order chi connectivity index (χ0) is 27.9. The molecule has 0 bridgehead atoms. The van der Waals surface area contributed by atoms with Crippen LogP contribution in [0.4, 0.5) is 14.5 Å². The van der Waals surface area contributed by atoms with Gasteiger partial charge < -0.3 is 9.68 Å². The minimum Gasteiger partial charge on any atom is -0.399 e. The van der Waals surface area contributed by atoms with Gasteiger partial charge in [-0.05, 0) is 24.3 Å². The Balaban J connectivity index is 0.000000860. The fourth-order valence-corrected chi connectivity index (χ4v) is 4.16. The first kappa shape index (κ1) is 33.3. The van der Waals surface area contributed by atoms with E-state index in [9.17, 15) is 27.3 Å². The monoisotopic (exact) mass is 537 g/mol. The Bertz CT molecular complexity index is 947. The Kier molecular flexibility index (Phi) is 15.6. The van der Waals surface area contributed by atoms with Crippen molar-refractivity contribution in [3.05, 3.63) is 34.4 Å². The summed E-state index contributed by atoms with van der Waals surface area (Å²) in [6.45, 7) is 9.10. The molecule has 206 valence electrons. The number of nitro benzene ring substituents is 1. The van der Waals surface area contributed by atoms with Crippen LogP contribution in [0.3, 0.4) is 0 Å². The van der Waals surface area contributed by atoms with Crippen LogP contribution in [0.15, 0.2) is 39.5 Å². The number of nitrogens with zero attached hydrogens (tertiary/aromatic N) is 3. The van der Waals surface area contributed by atoms with Crippen LogP contribution in [0.2, 0.25) is 0 Å². The first-order valence-electron chi connectivity index (χ1n) is 11.4. The van der Waals surface area contributed by atoms with Crippen molar-refractivity contribution in [2.24, 2.45) is 28.1 Å². The predicted octanol–water partition coefficient (Wildman–Crippen LogP) is 5.32. The number of non-ortho nitro benzene ring substituents is 1. The second-order valence-electron chi connectivity index (χ2n) is 8.12. The Morgan fingerprint density at radius 1 is 1.00 bits per heavy atom. The highest BCUT2D eigenvalue weighted by Gasteiger charge is 2.30. The lowest BCUT2D eigenvalue weighted by Crippen LogP contribution is -2.31. The summed E-state index contributed by atoms with van der Waals surface area (Å²) in [5.74, 6) is -0.431. The molecule has 6 atom stereocenters. The topological polar surface area (TPSA) is 130 Å². The largest absolute Gasteiger partial charge is 0.399 e. The van der Waals surface area contributed by atoms with Gasteiger partial charge in [-0.1, -0.05) is 57.4 Å². The molecule has 0 radical (unpaired) electrons.